The third kappa shape index (κ3) is 6.86. The molecule has 6 heteroatoms. The van der Waals surface area contributed by atoms with Gasteiger partial charge >= 0.3 is 12.1 Å². The normalized spacial score (nSPS) is 18.7. The number of likely N-dealkylation sites (tertiary alicyclic amines) is 1. The lowest BCUT2D eigenvalue weighted by Crippen LogP contribution is -2.44. The van der Waals surface area contributed by atoms with E-state index in [1.807, 2.05) is 51.1 Å². The van der Waals surface area contributed by atoms with Gasteiger partial charge in [0.1, 0.15) is 12.2 Å². The Hall–Kier alpha value is -2.08. The van der Waals surface area contributed by atoms with Gasteiger partial charge in [0.2, 0.25) is 0 Å². The molecule has 1 saturated heterocycles. The minimum absolute atomic E-state index is 0.0862. The average Bonchev–Trinajstić information content (AvgIpc) is 2.62. The molecule has 1 amide bonds. The molecule has 1 fully saturated rings. The quantitative estimate of drug-likeness (QED) is 0.702. The lowest BCUT2D eigenvalue weighted by Gasteiger charge is -2.37. The highest BCUT2D eigenvalue weighted by molar-refractivity contribution is 5.70. The Morgan fingerprint density at radius 1 is 1.22 bits per heavy atom. The van der Waals surface area contributed by atoms with Crippen LogP contribution in [0.2, 0.25) is 0 Å². The second-order valence-corrected chi connectivity index (χ2v) is 7.78. The van der Waals surface area contributed by atoms with Crippen LogP contribution >= 0.6 is 0 Å². The largest absolute Gasteiger partial charge is 0.464 e. The van der Waals surface area contributed by atoms with Crippen LogP contribution in [-0.2, 0) is 19.0 Å². The van der Waals surface area contributed by atoms with Crippen molar-refractivity contribution in [3.63, 3.8) is 0 Å². The molecule has 0 aliphatic carbocycles. The Morgan fingerprint density at radius 3 is 2.56 bits per heavy atom. The van der Waals surface area contributed by atoms with Crippen LogP contribution in [-0.4, -0.2) is 48.9 Å². The van der Waals surface area contributed by atoms with Gasteiger partial charge in [0.05, 0.1) is 12.7 Å². The highest BCUT2D eigenvalue weighted by atomic mass is 16.6. The number of hydrogen-bond donors (Lipinski definition) is 0. The summed E-state index contributed by atoms with van der Waals surface area (Å²) < 4.78 is 16.5. The summed E-state index contributed by atoms with van der Waals surface area (Å²) in [6.45, 7) is 8.80. The summed E-state index contributed by atoms with van der Waals surface area (Å²) in [6, 6.07) is 9.82. The molecule has 1 aromatic rings. The van der Waals surface area contributed by atoms with Crippen LogP contribution in [0.5, 0.6) is 0 Å². The van der Waals surface area contributed by atoms with Crippen molar-refractivity contribution in [2.75, 3.05) is 26.3 Å². The van der Waals surface area contributed by atoms with Crippen molar-refractivity contribution in [3.05, 3.63) is 35.9 Å². The van der Waals surface area contributed by atoms with E-state index in [9.17, 15) is 9.59 Å². The molecule has 27 heavy (non-hydrogen) atoms. The fraction of sp³-hybridized carbons (Fsp3) is 0.619. The minimum Gasteiger partial charge on any atom is -0.464 e. The summed E-state index contributed by atoms with van der Waals surface area (Å²) in [5.41, 5.74) is 0.473. The van der Waals surface area contributed by atoms with Crippen molar-refractivity contribution in [3.8, 4) is 0 Å². The third-order valence-electron chi connectivity index (χ3n) is 4.35. The second-order valence-electron chi connectivity index (χ2n) is 7.78. The fourth-order valence-electron chi connectivity index (χ4n) is 3.26. The van der Waals surface area contributed by atoms with E-state index in [-0.39, 0.29) is 30.7 Å². The van der Waals surface area contributed by atoms with Gasteiger partial charge in [-0.15, -0.1) is 0 Å². The highest BCUT2D eigenvalue weighted by Gasteiger charge is 2.33. The molecular weight excluding hydrogens is 346 g/mol. The van der Waals surface area contributed by atoms with Crippen LogP contribution < -0.4 is 0 Å². The number of carbonyl (C=O) groups excluding carboxylic acids is 2. The predicted octanol–water partition coefficient (Wildman–Crippen LogP) is 3.95. The van der Waals surface area contributed by atoms with E-state index in [0.717, 1.165) is 18.4 Å². The molecule has 0 N–H and O–H groups in total. The number of rotatable bonds is 6. The van der Waals surface area contributed by atoms with Crippen LogP contribution in [0.1, 0.15) is 52.2 Å². The maximum absolute atomic E-state index is 12.5. The van der Waals surface area contributed by atoms with E-state index >= 15 is 0 Å². The maximum atomic E-state index is 12.5. The van der Waals surface area contributed by atoms with E-state index in [2.05, 4.69) is 0 Å². The number of benzene rings is 1. The molecule has 2 rings (SSSR count). The Kier molecular flexibility index (Phi) is 7.66. The van der Waals surface area contributed by atoms with Gasteiger partial charge in [0.15, 0.2) is 0 Å². The average molecular weight is 377 g/mol. The standard InChI is InChI=1S/C21H31NO5/c1-5-25-18(23)15-26-19(16-10-7-6-8-11-16)17-12-9-13-22(14-17)20(24)27-21(2,3)4/h6-8,10-11,17,19H,5,9,12-15H2,1-4H3. The second kappa shape index (κ2) is 9.74. The molecular formula is C21H31NO5. The van der Waals surface area contributed by atoms with Gasteiger partial charge in [-0.05, 0) is 46.1 Å². The highest BCUT2D eigenvalue weighted by Crippen LogP contribution is 2.33. The summed E-state index contributed by atoms with van der Waals surface area (Å²) in [4.78, 5) is 26.0. The summed E-state index contributed by atoms with van der Waals surface area (Å²) >= 11 is 0. The van der Waals surface area contributed by atoms with Gasteiger partial charge in [-0.25, -0.2) is 9.59 Å². The number of amides is 1. The molecule has 2 unspecified atom stereocenters. The van der Waals surface area contributed by atoms with Gasteiger partial charge in [-0.3, -0.25) is 0 Å². The van der Waals surface area contributed by atoms with E-state index < -0.39 is 5.60 Å². The summed E-state index contributed by atoms with van der Waals surface area (Å²) in [5, 5.41) is 0. The van der Waals surface area contributed by atoms with E-state index in [1.54, 1.807) is 11.8 Å². The van der Waals surface area contributed by atoms with Gasteiger partial charge in [0, 0.05) is 19.0 Å². The van der Waals surface area contributed by atoms with E-state index in [1.165, 1.54) is 0 Å². The zero-order valence-corrected chi connectivity index (χ0v) is 16.8. The first-order valence-electron chi connectivity index (χ1n) is 9.60. The van der Waals surface area contributed by atoms with E-state index in [0.29, 0.717) is 19.7 Å². The van der Waals surface area contributed by atoms with Gasteiger partial charge in [0.25, 0.3) is 0 Å². The van der Waals surface area contributed by atoms with Crippen molar-refractivity contribution in [1.29, 1.82) is 0 Å². The number of nitrogens with zero attached hydrogens (tertiary/aromatic N) is 1. The summed E-state index contributed by atoms with van der Waals surface area (Å²) in [5.74, 6) is -0.290. The smallest absolute Gasteiger partial charge is 0.410 e. The molecule has 0 aromatic heterocycles. The molecule has 1 aliphatic heterocycles. The number of hydrogen-bond acceptors (Lipinski definition) is 5. The summed E-state index contributed by atoms with van der Waals surface area (Å²) in [6.07, 6.45) is 1.21. The number of ether oxygens (including phenoxy) is 3. The zero-order chi connectivity index (χ0) is 19.9. The van der Waals surface area contributed by atoms with Crippen LogP contribution in [0.25, 0.3) is 0 Å². The van der Waals surface area contributed by atoms with Crippen molar-refractivity contribution in [1.82, 2.24) is 4.90 Å². The van der Waals surface area contributed by atoms with Crippen molar-refractivity contribution < 1.29 is 23.8 Å². The topological polar surface area (TPSA) is 65.1 Å². The predicted molar refractivity (Wildman–Crippen MR) is 102 cm³/mol. The Bertz CT molecular complexity index is 611. The molecule has 6 nitrogen and oxygen atoms in total. The molecule has 150 valence electrons. The van der Waals surface area contributed by atoms with Gasteiger partial charge in [-0.2, -0.15) is 0 Å². The Labute approximate surface area is 161 Å². The zero-order valence-electron chi connectivity index (χ0n) is 16.8. The van der Waals surface area contributed by atoms with Crippen LogP contribution in [0.15, 0.2) is 30.3 Å². The minimum atomic E-state index is -0.525. The first kappa shape index (κ1) is 21.2. The molecule has 1 aliphatic rings. The molecule has 0 bridgehead atoms. The van der Waals surface area contributed by atoms with E-state index in [4.69, 9.17) is 14.2 Å². The lowest BCUT2D eigenvalue weighted by atomic mass is 9.88. The maximum Gasteiger partial charge on any atom is 0.410 e. The van der Waals surface area contributed by atoms with Crippen LogP contribution in [0, 0.1) is 5.92 Å². The van der Waals surface area contributed by atoms with Crippen molar-refractivity contribution in [2.24, 2.45) is 5.92 Å². The summed E-state index contributed by atoms with van der Waals surface area (Å²) in [7, 11) is 0. The SMILES string of the molecule is CCOC(=O)COC(c1ccccc1)C1CCCN(C(=O)OC(C)(C)C)C1. The first-order chi connectivity index (χ1) is 12.8. The fourth-order valence-corrected chi connectivity index (χ4v) is 3.26. The van der Waals surface area contributed by atoms with Crippen molar-refractivity contribution in [2.45, 2.75) is 52.2 Å². The molecule has 0 saturated carbocycles. The number of esters is 1. The lowest BCUT2D eigenvalue weighted by molar-refractivity contribution is -0.152. The van der Waals surface area contributed by atoms with Crippen molar-refractivity contribution >= 4 is 12.1 Å². The molecule has 0 spiro atoms. The number of piperidine rings is 1. The third-order valence-corrected chi connectivity index (χ3v) is 4.35. The van der Waals surface area contributed by atoms with Gasteiger partial charge in [-0.1, -0.05) is 30.3 Å². The monoisotopic (exact) mass is 377 g/mol. The van der Waals surface area contributed by atoms with Crippen LogP contribution in [0.3, 0.4) is 0 Å². The van der Waals surface area contributed by atoms with Gasteiger partial charge < -0.3 is 19.1 Å². The molecule has 1 aromatic carbocycles. The van der Waals surface area contributed by atoms with Crippen LogP contribution in [0.4, 0.5) is 4.79 Å². The Morgan fingerprint density at radius 2 is 1.93 bits per heavy atom. The molecule has 1 heterocycles. The first-order valence-corrected chi connectivity index (χ1v) is 9.60. The molecule has 2 atom stereocenters. The Balaban J connectivity index is 2.09. The molecule has 0 radical (unpaired) electrons. The number of carbonyl (C=O) groups is 2.